The summed E-state index contributed by atoms with van der Waals surface area (Å²) in [6.07, 6.45) is 1.68. The molecule has 0 bridgehead atoms. The van der Waals surface area contributed by atoms with Gasteiger partial charge in [-0.1, -0.05) is 59.3 Å². The van der Waals surface area contributed by atoms with Gasteiger partial charge in [-0.15, -0.1) is 0 Å². The number of hydrogen-bond donors (Lipinski definition) is 1. The van der Waals surface area contributed by atoms with E-state index in [4.69, 9.17) is 4.52 Å². The molecule has 162 valence electrons. The van der Waals surface area contributed by atoms with E-state index >= 15 is 0 Å². The van der Waals surface area contributed by atoms with E-state index in [9.17, 15) is 4.79 Å². The molecule has 0 saturated carbocycles. The molecule has 1 saturated heterocycles. The lowest BCUT2D eigenvalue weighted by Gasteiger charge is -2.30. The van der Waals surface area contributed by atoms with Gasteiger partial charge in [-0.25, -0.2) is 0 Å². The number of nitrogens with zero attached hydrogens (tertiary/aromatic N) is 3. The first-order chi connectivity index (χ1) is 15.0. The van der Waals surface area contributed by atoms with Crippen LogP contribution in [0.25, 0.3) is 11.4 Å². The van der Waals surface area contributed by atoms with E-state index in [0.717, 1.165) is 42.6 Å². The summed E-state index contributed by atoms with van der Waals surface area (Å²) < 4.78 is 5.48. The second kappa shape index (κ2) is 9.43. The van der Waals surface area contributed by atoms with Crippen LogP contribution in [0.1, 0.15) is 48.4 Å². The molecule has 0 aliphatic carbocycles. The van der Waals surface area contributed by atoms with Crippen molar-refractivity contribution in [2.75, 3.05) is 13.1 Å². The molecule has 4 rings (SSSR count). The van der Waals surface area contributed by atoms with Gasteiger partial charge in [-0.05, 0) is 57.8 Å². The zero-order valence-corrected chi connectivity index (χ0v) is 18.5. The van der Waals surface area contributed by atoms with Crippen molar-refractivity contribution in [3.8, 4) is 11.4 Å². The third kappa shape index (κ3) is 5.20. The Hall–Kier alpha value is -2.99. The molecule has 1 N–H and O–H groups in total. The fourth-order valence-electron chi connectivity index (χ4n) is 4.07. The molecular weight excluding hydrogens is 388 g/mol. The summed E-state index contributed by atoms with van der Waals surface area (Å²) in [5.41, 5.74) is 4.48. The Morgan fingerprint density at radius 1 is 1.13 bits per heavy atom. The van der Waals surface area contributed by atoms with E-state index in [-0.39, 0.29) is 17.9 Å². The van der Waals surface area contributed by atoms with Crippen LogP contribution in [0.15, 0.2) is 53.1 Å². The Kier molecular flexibility index (Phi) is 6.47. The average Bonchev–Trinajstić information content (AvgIpc) is 3.23. The molecule has 6 heteroatoms. The highest BCUT2D eigenvalue weighted by molar-refractivity contribution is 5.79. The molecule has 1 aromatic heterocycles. The highest BCUT2D eigenvalue weighted by Gasteiger charge is 2.27. The summed E-state index contributed by atoms with van der Waals surface area (Å²) in [4.78, 5) is 19.6. The monoisotopic (exact) mass is 418 g/mol. The van der Waals surface area contributed by atoms with Crippen LogP contribution < -0.4 is 5.32 Å². The van der Waals surface area contributed by atoms with Gasteiger partial charge in [0.1, 0.15) is 0 Å². The van der Waals surface area contributed by atoms with E-state index in [1.54, 1.807) is 0 Å². The third-order valence-electron chi connectivity index (χ3n) is 6.11. The molecule has 3 aromatic rings. The first kappa shape index (κ1) is 21.2. The number of hydrogen-bond acceptors (Lipinski definition) is 5. The standard InChI is InChI=1S/C25H30N4O2/c1-17-8-10-20(11-9-17)19(3)26-25(30)21-12-14-29(15-13-21)16-23-27-24(28-31-23)22-7-5-4-6-18(22)2/h4-11,19,21H,12-16H2,1-3H3,(H,26,30). The van der Waals surface area contributed by atoms with Crippen molar-refractivity contribution in [1.29, 1.82) is 0 Å². The second-order valence-electron chi connectivity index (χ2n) is 8.52. The number of likely N-dealkylation sites (tertiary alicyclic amines) is 1. The molecule has 1 atom stereocenters. The van der Waals surface area contributed by atoms with Crippen LogP contribution in [0.5, 0.6) is 0 Å². The van der Waals surface area contributed by atoms with Crippen molar-refractivity contribution in [2.24, 2.45) is 5.92 Å². The van der Waals surface area contributed by atoms with Gasteiger partial charge in [-0.3, -0.25) is 9.69 Å². The van der Waals surface area contributed by atoms with Gasteiger partial charge in [0.25, 0.3) is 0 Å². The Labute approximate surface area is 183 Å². The fraction of sp³-hybridized carbons (Fsp3) is 0.400. The Bertz CT molecular complexity index is 1020. The summed E-state index contributed by atoms with van der Waals surface area (Å²) in [6.45, 7) is 8.46. The quantitative estimate of drug-likeness (QED) is 0.641. The zero-order valence-electron chi connectivity index (χ0n) is 18.5. The molecule has 1 fully saturated rings. The highest BCUT2D eigenvalue weighted by Crippen LogP contribution is 2.23. The van der Waals surface area contributed by atoms with Crippen LogP contribution in [0.2, 0.25) is 0 Å². The molecule has 0 spiro atoms. The molecule has 1 amide bonds. The Morgan fingerprint density at radius 2 is 1.84 bits per heavy atom. The van der Waals surface area contributed by atoms with Crippen LogP contribution >= 0.6 is 0 Å². The largest absolute Gasteiger partial charge is 0.349 e. The van der Waals surface area contributed by atoms with E-state index in [1.165, 1.54) is 5.56 Å². The van der Waals surface area contributed by atoms with Gasteiger partial charge >= 0.3 is 0 Å². The van der Waals surface area contributed by atoms with Crippen LogP contribution in [-0.2, 0) is 11.3 Å². The number of aromatic nitrogens is 2. The number of carbonyl (C=O) groups is 1. The lowest BCUT2D eigenvalue weighted by atomic mass is 9.95. The van der Waals surface area contributed by atoms with Crippen molar-refractivity contribution >= 4 is 5.91 Å². The number of nitrogens with one attached hydrogen (secondary N) is 1. The van der Waals surface area contributed by atoms with Crippen LogP contribution in [0.3, 0.4) is 0 Å². The maximum absolute atomic E-state index is 12.7. The van der Waals surface area contributed by atoms with Crippen molar-refractivity contribution in [1.82, 2.24) is 20.4 Å². The van der Waals surface area contributed by atoms with E-state index < -0.39 is 0 Å². The SMILES string of the molecule is Cc1ccc(C(C)NC(=O)C2CCN(Cc3nc(-c4ccccc4C)no3)CC2)cc1. The Balaban J connectivity index is 1.27. The van der Waals surface area contributed by atoms with Crippen molar-refractivity contribution in [2.45, 2.75) is 46.2 Å². The van der Waals surface area contributed by atoms with Gasteiger partial charge in [0.2, 0.25) is 17.6 Å². The van der Waals surface area contributed by atoms with Crippen LogP contribution in [-0.4, -0.2) is 34.0 Å². The summed E-state index contributed by atoms with van der Waals surface area (Å²) in [7, 11) is 0. The van der Waals surface area contributed by atoms with E-state index in [1.807, 2.05) is 38.1 Å². The number of aryl methyl sites for hydroxylation is 2. The van der Waals surface area contributed by atoms with Gasteiger partial charge in [0, 0.05) is 11.5 Å². The minimum Gasteiger partial charge on any atom is -0.349 e. The van der Waals surface area contributed by atoms with Gasteiger partial charge in [0.15, 0.2) is 0 Å². The topological polar surface area (TPSA) is 71.3 Å². The average molecular weight is 419 g/mol. The molecule has 0 radical (unpaired) electrons. The molecule has 2 heterocycles. The van der Waals surface area contributed by atoms with Crippen molar-refractivity contribution in [3.63, 3.8) is 0 Å². The van der Waals surface area contributed by atoms with E-state index in [2.05, 4.69) is 51.5 Å². The van der Waals surface area contributed by atoms with Crippen LogP contribution in [0, 0.1) is 19.8 Å². The third-order valence-corrected chi connectivity index (χ3v) is 6.11. The first-order valence-electron chi connectivity index (χ1n) is 11.0. The summed E-state index contributed by atoms with van der Waals surface area (Å²) >= 11 is 0. The molecule has 6 nitrogen and oxygen atoms in total. The van der Waals surface area contributed by atoms with Gasteiger partial charge in [-0.2, -0.15) is 4.98 Å². The number of benzene rings is 2. The van der Waals surface area contributed by atoms with Crippen molar-refractivity contribution < 1.29 is 9.32 Å². The number of amides is 1. The zero-order chi connectivity index (χ0) is 21.8. The highest BCUT2D eigenvalue weighted by atomic mass is 16.5. The van der Waals surface area contributed by atoms with Crippen molar-refractivity contribution in [3.05, 3.63) is 71.1 Å². The summed E-state index contributed by atoms with van der Waals surface area (Å²) in [5, 5.41) is 7.32. The lowest BCUT2D eigenvalue weighted by Crippen LogP contribution is -2.40. The predicted octanol–water partition coefficient (Wildman–Crippen LogP) is 4.44. The maximum Gasteiger partial charge on any atom is 0.241 e. The smallest absolute Gasteiger partial charge is 0.241 e. The van der Waals surface area contributed by atoms with Crippen LogP contribution in [0.4, 0.5) is 0 Å². The Morgan fingerprint density at radius 3 is 2.55 bits per heavy atom. The molecule has 1 unspecified atom stereocenters. The molecule has 2 aromatic carbocycles. The maximum atomic E-state index is 12.7. The van der Waals surface area contributed by atoms with Gasteiger partial charge in [0.05, 0.1) is 12.6 Å². The normalized spacial score (nSPS) is 16.2. The van der Waals surface area contributed by atoms with Gasteiger partial charge < -0.3 is 9.84 Å². The summed E-state index contributed by atoms with van der Waals surface area (Å²) in [6, 6.07) is 16.4. The van der Waals surface area contributed by atoms with E-state index in [0.29, 0.717) is 18.3 Å². The second-order valence-corrected chi connectivity index (χ2v) is 8.52. The number of rotatable bonds is 6. The predicted molar refractivity (Wildman–Crippen MR) is 120 cm³/mol. The molecule has 1 aliphatic rings. The first-order valence-corrected chi connectivity index (χ1v) is 11.0. The number of piperidine rings is 1. The fourth-order valence-corrected chi connectivity index (χ4v) is 4.07. The minimum atomic E-state index is 0.0180. The molecule has 1 aliphatic heterocycles. The minimum absolute atomic E-state index is 0.0180. The number of carbonyl (C=O) groups excluding carboxylic acids is 1. The molecular formula is C25H30N4O2. The summed E-state index contributed by atoms with van der Waals surface area (Å²) in [5.74, 6) is 1.45. The molecule has 31 heavy (non-hydrogen) atoms. The lowest BCUT2D eigenvalue weighted by molar-refractivity contribution is -0.127.